The molecule has 7 heteroatoms. The summed E-state index contributed by atoms with van der Waals surface area (Å²) in [7, 11) is 0. The first-order valence-corrected chi connectivity index (χ1v) is 9.35. The van der Waals surface area contributed by atoms with Crippen molar-refractivity contribution < 1.29 is 9.47 Å². The molecule has 148 valence electrons. The molecule has 26 heavy (non-hydrogen) atoms. The van der Waals surface area contributed by atoms with Crippen molar-refractivity contribution in [2.45, 2.75) is 26.8 Å². The van der Waals surface area contributed by atoms with Crippen LogP contribution in [-0.2, 0) is 16.0 Å². The van der Waals surface area contributed by atoms with Crippen LogP contribution in [-0.4, -0.2) is 58.6 Å². The van der Waals surface area contributed by atoms with Gasteiger partial charge in [0.15, 0.2) is 5.96 Å². The van der Waals surface area contributed by atoms with E-state index in [1.54, 1.807) is 0 Å². The predicted molar refractivity (Wildman–Crippen MR) is 119 cm³/mol. The van der Waals surface area contributed by atoms with Crippen LogP contribution in [0.25, 0.3) is 0 Å². The quantitative estimate of drug-likeness (QED) is 0.249. The average Bonchev–Trinajstić information content (AvgIpc) is 2.67. The third kappa shape index (κ3) is 8.09. The average molecular weight is 476 g/mol. The Morgan fingerprint density at radius 2 is 1.96 bits per heavy atom. The van der Waals surface area contributed by atoms with Crippen LogP contribution in [0.15, 0.2) is 29.3 Å². The molecule has 0 unspecified atom stereocenters. The lowest BCUT2D eigenvalue weighted by Gasteiger charge is -2.30. The van der Waals surface area contributed by atoms with Gasteiger partial charge in [0.2, 0.25) is 0 Å². The number of hydrogen-bond acceptors (Lipinski definition) is 4. The molecule has 0 aliphatic carbocycles. The number of hydrogen-bond donors (Lipinski definition) is 2. The first-order valence-electron chi connectivity index (χ1n) is 9.35. The number of benzene rings is 1. The molecule has 1 aromatic carbocycles. The molecule has 1 saturated heterocycles. The molecular weight excluding hydrogens is 443 g/mol. The zero-order valence-corrected chi connectivity index (χ0v) is 18.3. The van der Waals surface area contributed by atoms with Gasteiger partial charge in [-0.2, -0.15) is 0 Å². The van der Waals surface area contributed by atoms with Gasteiger partial charge in [0, 0.05) is 45.1 Å². The molecule has 1 aliphatic rings. The summed E-state index contributed by atoms with van der Waals surface area (Å²) in [6, 6.07) is 8.51. The van der Waals surface area contributed by atoms with E-state index in [-0.39, 0.29) is 24.0 Å². The molecule has 0 bridgehead atoms. The Labute approximate surface area is 174 Å². The van der Waals surface area contributed by atoms with Crippen LogP contribution in [0.5, 0.6) is 0 Å². The second kappa shape index (κ2) is 14.1. The summed E-state index contributed by atoms with van der Waals surface area (Å²) in [5, 5.41) is 6.68. The highest BCUT2D eigenvalue weighted by molar-refractivity contribution is 14.0. The number of anilines is 1. The van der Waals surface area contributed by atoms with Gasteiger partial charge >= 0.3 is 0 Å². The maximum absolute atomic E-state index is 5.46. The minimum atomic E-state index is 0. The minimum absolute atomic E-state index is 0. The van der Waals surface area contributed by atoms with E-state index >= 15 is 0 Å². The summed E-state index contributed by atoms with van der Waals surface area (Å²) < 4.78 is 10.8. The Morgan fingerprint density at radius 3 is 2.69 bits per heavy atom. The SMILES string of the molecule is CCNC(=NCc1ccccc1N1CCOCC1)NCCCOCC.I. The van der Waals surface area contributed by atoms with Crippen molar-refractivity contribution in [3.63, 3.8) is 0 Å². The van der Waals surface area contributed by atoms with E-state index in [2.05, 4.69) is 46.7 Å². The van der Waals surface area contributed by atoms with Gasteiger partial charge < -0.3 is 25.0 Å². The highest BCUT2D eigenvalue weighted by Crippen LogP contribution is 2.22. The molecule has 1 aliphatic heterocycles. The number of rotatable bonds is 9. The topological polar surface area (TPSA) is 58.1 Å². The van der Waals surface area contributed by atoms with E-state index in [9.17, 15) is 0 Å². The standard InChI is InChI=1S/C19H32N4O2.HI/c1-3-20-19(21-10-7-13-24-4-2)22-16-17-8-5-6-9-18(17)23-11-14-25-15-12-23;/h5-6,8-9H,3-4,7,10-16H2,1-2H3,(H2,20,21,22);1H. The molecule has 2 N–H and O–H groups in total. The van der Waals surface area contributed by atoms with Crippen molar-refractivity contribution in [3.05, 3.63) is 29.8 Å². The molecule has 2 rings (SSSR count). The smallest absolute Gasteiger partial charge is 0.191 e. The van der Waals surface area contributed by atoms with Crippen LogP contribution in [0.2, 0.25) is 0 Å². The van der Waals surface area contributed by atoms with Gasteiger partial charge in [-0.1, -0.05) is 18.2 Å². The second-order valence-electron chi connectivity index (χ2n) is 5.90. The number of ether oxygens (including phenoxy) is 2. The molecule has 6 nitrogen and oxygen atoms in total. The Balaban J connectivity index is 0.00000338. The van der Waals surface area contributed by atoms with Crippen LogP contribution < -0.4 is 15.5 Å². The van der Waals surface area contributed by atoms with Gasteiger partial charge in [0.05, 0.1) is 19.8 Å². The van der Waals surface area contributed by atoms with Gasteiger partial charge in [-0.05, 0) is 31.9 Å². The van der Waals surface area contributed by atoms with Crippen LogP contribution in [0.3, 0.4) is 0 Å². The van der Waals surface area contributed by atoms with Crippen molar-refractivity contribution in [3.8, 4) is 0 Å². The zero-order valence-electron chi connectivity index (χ0n) is 16.0. The molecule has 1 heterocycles. The number of aliphatic imine (C=N–C) groups is 1. The number of halogens is 1. The molecule has 0 radical (unpaired) electrons. The predicted octanol–water partition coefficient (Wildman–Crippen LogP) is 2.62. The van der Waals surface area contributed by atoms with Crippen molar-refractivity contribution in [2.75, 3.05) is 57.5 Å². The van der Waals surface area contributed by atoms with Gasteiger partial charge in [-0.3, -0.25) is 0 Å². The van der Waals surface area contributed by atoms with Crippen molar-refractivity contribution in [1.29, 1.82) is 0 Å². The molecular formula is C19H33IN4O2. The van der Waals surface area contributed by atoms with Crippen LogP contribution >= 0.6 is 24.0 Å². The third-order valence-corrected chi connectivity index (χ3v) is 4.06. The molecule has 0 spiro atoms. The maximum atomic E-state index is 5.46. The molecule has 0 aromatic heterocycles. The fourth-order valence-corrected chi connectivity index (χ4v) is 2.79. The molecule has 0 atom stereocenters. The number of guanidine groups is 1. The van der Waals surface area contributed by atoms with E-state index in [0.717, 1.165) is 65.0 Å². The van der Waals surface area contributed by atoms with E-state index < -0.39 is 0 Å². The van der Waals surface area contributed by atoms with E-state index in [4.69, 9.17) is 14.5 Å². The summed E-state index contributed by atoms with van der Waals surface area (Å²) in [4.78, 5) is 7.14. The van der Waals surface area contributed by atoms with Crippen molar-refractivity contribution in [1.82, 2.24) is 10.6 Å². The van der Waals surface area contributed by atoms with E-state index in [1.165, 1.54) is 11.3 Å². The number of para-hydroxylation sites is 1. The Hall–Kier alpha value is -1.06. The summed E-state index contributed by atoms with van der Waals surface area (Å²) in [5.74, 6) is 0.857. The van der Waals surface area contributed by atoms with Crippen molar-refractivity contribution >= 4 is 35.6 Å². The summed E-state index contributed by atoms with van der Waals surface area (Å²) in [5.41, 5.74) is 2.51. The Morgan fingerprint density at radius 1 is 1.19 bits per heavy atom. The number of morpholine rings is 1. The lowest BCUT2D eigenvalue weighted by molar-refractivity contribution is 0.122. The maximum Gasteiger partial charge on any atom is 0.191 e. The first kappa shape index (κ1) is 23.0. The normalized spacial score (nSPS) is 14.7. The van der Waals surface area contributed by atoms with Gasteiger partial charge in [0.1, 0.15) is 0 Å². The molecule has 0 amide bonds. The summed E-state index contributed by atoms with van der Waals surface area (Å²) >= 11 is 0. The van der Waals surface area contributed by atoms with Crippen LogP contribution in [0.4, 0.5) is 5.69 Å². The van der Waals surface area contributed by atoms with Crippen LogP contribution in [0.1, 0.15) is 25.8 Å². The highest BCUT2D eigenvalue weighted by Gasteiger charge is 2.14. The summed E-state index contributed by atoms with van der Waals surface area (Å²) in [6.45, 7) is 11.5. The van der Waals surface area contributed by atoms with Gasteiger partial charge in [-0.25, -0.2) is 4.99 Å². The monoisotopic (exact) mass is 476 g/mol. The molecule has 1 aromatic rings. The van der Waals surface area contributed by atoms with E-state index in [1.807, 2.05) is 6.92 Å². The van der Waals surface area contributed by atoms with Crippen molar-refractivity contribution in [2.24, 2.45) is 4.99 Å². The minimum Gasteiger partial charge on any atom is -0.382 e. The van der Waals surface area contributed by atoms with Gasteiger partial charge in [-0.15, -0.1) is 24.0 Å². The lowest BCUT2D eigenvalue weighted by Crippen LogP contribution is -2.38. The highest BCUT2D eigenvalue weighted by atomic mass is 127. The second-order valence-corrected chi connectivity index (χ2v) is 5.90. The van der Waals surface area contributed by atoms with Gasteiger partial charge in [0.25, 0.3) is 0 Å². The molecule has 1 fully saturated rings. The third-order valence-electron chi connectivity index (χ3n) is 4.06. The number of nitrogens with zero attached hydrogens (tertiary/aromatic N) is 2. The fraction of sp³-hybridized carbons (Fsp3) is 0.632. The largest absolute Gasteiger partial charge is 0.382 e. The van der Waals surface area contributed by atoms with E-state index in [0.29, 0.717) is 6.54 Å². The molecule has 0 saturated carbocycles. The first-order chi connectivity index (χ1) is 12.3. The zero-order chi connectivity index (χ0) is 17.7. The fourth-order valence-electron chi connectivity index (χ4n) is 2.79. The Kier molecular flexibility index (Phi) is 12.4. The summed E-state index contributed by atoms with van der Waals surface area (Å²) in [6.07, 6.45) is 0.975. The Bertz CT molecular complexity index is 522. The lowest BCUT2D eigenvalue weighted by atomic mass is 10.1. The van der Waals surface area contributed by atoms with Crippen LogP contribution in [0, 0.1) is 0 Å². The number of nitrogens with one attached hydrogen (secondary N) is 2.